The topological polar surface area (TPSA) is 57.1 Å². The van der Waals surface area contributed by atoms with Gasteiger partial charge in [-0.1, -0.05) is 208 Å². The molecule has 0 saturated carbocycles. The van der Waals surface area contributed by atoms with Crippen LogP contribution < -0.4 is 9.47 Å². The zero-order chi connectivity index (χ0) is 44.0. The molecule has 1 aromatic heterocycles. The molecule has 10 aromatic rings. The molecular weight excluding hydrogens is 807 g/mol. The number of ether oxygens (including phenoxy) is 2. The van der Waals surface area contributed by atoms with Crippen LogP contribution in [0.3, 0.4) is 0 Å². The van der Waals surface area contributed by atoms with E-state index >= 15 is 0 Å². The molecule has 5 nitrogen and oxygen atoms in total. The van der Waals surface area contributed by atoms with Crippen LogP contribution in [-0.2, 0) is 10.8 Å². The van der Waals surface area contributed by atoms with E-state index in [0.29, 0.717) is 40.5 Å². The van der Waals surface area contributed by atoms with Crippen molar-refractivity contribution >= 4 is 0 Å². The third-order valence-electron chi connectivity index (χ3n) is 13.9. The molecule has 0 radical (unpaired) electrons. The summed E-state index contributed by atoms with van der Waals surface area (Å²) in [5.74, 6) is 4.43. The zero-order valence-electron chi connectivity index (χ0n) is 36.4. The van der Waals surface area contributed by atoms with Gasteiger partial charge in [-0.05, 0) is 73.8 Å². The minimum Gasteiger partial charge on any atom is -0.449 e. The van der Waals surface area contributed by atoms with Crippen molar-refractivity contribution in [3.8, 4) is 90.5 Å². The average molecular weight is 848 g/mol. The molecule has 0 bridgehead atoms. The van der Waals surface area contributed by atoms with Gasteiger partial charge in [0.1, 0.15) is 0 Å². The number of hydrogen-bond acceptors (Lipinski definition) is 5. The van der Waals surface area contributed by atoms with Crippen LogP contribution in [0.5, 0.6) is 23.0 Å². The summed E-state index contributed by atoms with van der Waals surface area (Å²) in [6, 6.07) is 74.5. The summed E-state index contributed by atoms with van der Waals surface area (Å²) in [4.78, 5) is 15.7. The lowest BCUT2D eigenvalue weighted by Crippen LogP contribution is -2.28. The quantitative estimate of drug-likeness (QED) is 0.167. The van der Waals surface area contributed by atoms with Crippen molar-refractivity contribution < 1.29 is 9.47 Å². The van der Waals surface area contributed by atoms with E-state index in [1.165, 1.54) is 38.9 Å². The maximum absolute atomic E-state index is 7.32. The summed E-state index contributed by atoms with van der Waals surface area (Å²) >= 11 is 0. The number of aromatic nitrogens is 3. The average Bonchev–Trinajstić information content (AvgIpc) is 3.82. The molecule has 0 fully saturated rings. The van der Waals surface area contributed by atoms with E-state index in [1.54, 1.807) is 0 Å². The highest BCUT2D eigenvalue weighted by Gasteiger charge is 2.48. The van der Waals surface area contributed by atoms with Gasteiger partial charge in [0, 0.05) is 33.2 Å². The van der Waals surface area contributed by atoms with Gasteiger partial charge in [0.2, 0.25) is 0 Å². The second kappa shape index (κ2) is 14.6. The van der Waals surface area contributed by atoms with E-state index in [1.807, 2.05) is 48.5 Å². The van der Waals surface area contributed by atoms with Gasteiger partial charge in [0.05, 0.1) is 5.41 Å². The molecule has 0 atom stereocenters. The minimum atomic E-state index is -0.579. The molecule has 1 aliphatic heterocycles. The highest BCUT2D eigenvalue weighted by Crippen LogP contribution is 2.63. The van der Waals surface area contributed by atoms with Crippen molar-refractivity contribution in [1.82, 2.24) is 15.0 Å². The first-order chi connectivity index (χ1) is 32.5. The van der Waals surface area contributed by atoms with E-state index < -0.39 is 5.41 Å². The Bertz CT molecular complexity index is 3530. The summed E-state index contributed by atoms with van der Waals surface area (Å²) in [6.07, 6.45) is 0. The Morgan fingerprint density at radius 1 is 0.333 bits per heavy atom. The largest absolute Gasteiger partial charge is 0.449 e. The van der Waals surface area contributed by atoms with Crippen LogP contribution in [0.2, 0.25) is 0 Å². The fraction of sp³-hybridized carbons (Fsp3) is 0.0656. The zero-order valence-corrected chi connectivity index (χ0v) is 36.4. The summed E-state index contributed by atoms with van der Waals surface area (Å²) in [5.41, 5.74) is 15.7. The number of hydrogen-bond donors (Lipinski definition) is 0. The molecule has 66 heavy (non-hydrogen) atoms. The SMILES string of the molecule is CC1(C)c2ccccc2-c2ccc(-c3nc(-c4ccccc4)nc(-c4ccccc4-c4cccc5c4Oc4c(ccc6c4-c4ccccc4C6(c4ccccc4)c4ccccc4)O5)n3)cc21. The predicted octanol–water partition coefficient (Wildman–Crippen LogP) is 15.1. The van der Waals surface area contributed by atoms with E-state index in [2.05, 4.69) is 178 Å². The maximum atomic E-state index is 7.32. The van der Waals surface area contributed by atoms with Crippen LogP contribution in [0, 0.1) is 0 Å². The van der Waals surface area contributed by atoms with Crippen molar-refractivity contribution in [2.24, 2.45) is 0 Å². The molecule has 0 spiro atoms. The molecule has 3 aliphatic rings. The lowest BCUT2D eigenvalue weighted by Gasteiger charge is -2.34. The summed E-state index contributed by atoms with van der Waals surface area (Å²) < 4.78 is 14.2. The molecule has 2 aliphatic carbocycles. The maximum Gasteiger partial charge on any atom is 0.178 e. The molecule has 0 N–H and O–H groups in total. The minimum absolute atomic E-state index is 0.174. The normalized spacial score (nSPS) is 14.1. The van der Waals surface area contributed by atoms with Gasteiger partial charge in [-0.3, -0.25) is 0 Å². The molecule has 0 amide bonds. The lowest BCUT2D eigenvalue weighted by molar-refractivity contribution is 0.361. The van der Waals surface area contributed by atoms with Crippen LogP contribution in [0.4, 0.5) is 0 Å². The van der Waals surface area contributed by atoms with Crippen LogP contribution in [0.15, 0.2) is 212 Å². The first-order valence-corrected chi connectivity index (χ1v) is 22.5. The molecule has 9 aromatic carbocycles. The molecule has 5 heteroatoms. The van der Waals surface area contributed by atoms with Crippen LogP contribution in [0.25, 0.3) is 67.5 Å². The van der Waals surface area contributed by atoms with Gasteiger partial charge in [0.25, 0.3) is 0 Å². The Labute approximate surface area is 383 Å². The van der Waals surface area contributed by atoms with Gasteiger partial charge >= 0.3 is 0 Å². The summed E-state index contributed by atoms with van der Waals surface area (Å²) in [5, 5.41) is 0. The van der Waals surface area contributed by atoms with E-state index in [-0.39, 0.29) is 5.41 Å². The molecule has 2 heterocycles. The third kappa shape index (κ3) is 5.56. The van der Waals surface area contributed by atoms with Gasteiger partial charge in [-0.2, -0.15) is 0 Å². The van der Waals surface area contributed by atoms with Gasteiger partial charge < -0.3 is 9.47 Å². The first kappa shape index (κ1) is 38.1. The highest BCUT2D eigenvalue weighted by molar-refractivity contribution is 5.93. The molecular formula is C61H41N3O2. The lowest BCUT2D eigenvalue weighted by atomic mass is 9.68. The molecule has 13 rings (SSSR count). The van der Waals surface area contributed by atoms with Gasteiger partial charge in [-0.15, -0.1) is 0 Å². The van der Waals surface area contributed by atoms with E-state index in [9.17, 15) is 0 Å². The summed E-state index contributed by atoms with van der Waals surface area (Å²) in [7, 11) is 0. The fourth-order valence-electron chi connectivity index (χ4n) is 10.9. The smallest absolute Gasteiger partial charge is 0.178 e. The Hall–Kier alpha value is -8.41. The number of fused-ring (bicyclic) bond motifs is 9. The fourth-order valence-corrected chi connectivity index (χ4v) is 10.9. The van der Waals surface area contributed by atoms with Gasteiger partial charge in [0.15, 0.2) is 40.5 Å². The van der Waals surface area contributed by atoms with Crippen molar-refractivity contribution in [3.63, 3.8) is 0 Å². The number of nitrogens with zero attached hydrogens (tertiary/aromatic N) is 3. The van der Waals surface area contributed by atoms with E-state index in [0.717, 1.165) is 44.5 Å². The number of benzene rings is 9. The molecule has 0 unspecified atom stereocenters. The van der Waals surface area contributed by atoms with Crippen LogP contribution in [0.1, 0.15) is 47.2 Å². The van der Waals surface area contributed by atoms with E-state index in [4.69, 9.17) is 24.4 Å². The Kier molecular flexibility index (Phi) is 8.40. The van der Waals surface area contributed by atoms with Gasteiger partial charge in [-0.25, -0.2) is 15.0 Å². The Morgan fingerprint density at radius 2 is 0.879 bits per heavy atom. The van der Waals surface area contributed by atoms with Crippen LogP contribution in [-0.4, -0.2) is 15.0 Å². The van der Waals surface area contributed by atoms with Crippen molar-refractivity contribution in [2.75, 3.05) is 0 Å². The third-order valence-corrected chi connectivity index (χ3v) is 13.9. The predicted molar refractivity (Wildman–Crippen MR) is 263 cm³/mol. The Balaban J connectivity index is 0.971. The first-order valence-electron chi connectivity index (χ1n) is 22.5. The Morgan fingerprint density at radius 3 is 1.61 bits per heavy atom. The molecule has 312 valence electrons. The standard InChI is InChI=1S/C61H41N3O2/c1-60(2)48-30-16-14-26-43(48)44-34-33-39(37-51(44)60)58-62-57(38-19-6-3-7-20-38)63-59(64-58)46-27-13-12-25-42(46)45-29-18-32-52-55(45)66-56-53(65-52)36-35-50-54(56)47-28-15-17-31-49(47)61(50,40-21-8-4-9-22-40)41-23-10-5-11-24-41/h3-37H,1-2H3. The van der Waals surface area contributed by atoms with Crippen LogP contribution >= 0.6 is 0 Å². The second-order valence-corrected chi connectivity index (χ2v) is 17.8. The molecule has 0 saturated heterocycles. The van der Waals surface area contributed by atoms with Crippen molar-refractivity contribution in [3.05, 3.63) is 246 Å². The monoisotopic (exact) mass is 847 g/mol. The number of para-hydroxylation sites is 1. The highest BCUT2D eigenvalue weighted by atomic mass is 16.6. The van der Waals surface area contributed by atoms with Crippen molar-refractivity contribution in [2.45, 2.75) is 24.7 Å². The van der Waals surface area contributed by atoms with Crippen molar-refractivity contribution in [1.29, 1.82) is 0 Å². The number of rotatable bonds is 6. The summed E-state index contributed by atoms with van der Waals surface area (Å²) in [6.45, 7) is 4.60. The second-order valence-electron chi connectivity index (χ2n) is 17.8.